The summed E-state index contributed by atoms with van der Waals surface area (Å²) in [6, 6.07) is 11.2. The van der Waals surface area contributed by atoms with E-state index in [2.05, 4.69) is 6.07 Å². The second-order valence-electron chi connectivity index (χ2n) is 4.10. The first-order chi connectivity index (χ1) is 8.62. The predicted molar refractivity (Wildman–Crippen MR) is 67.0 cm³/mol. The van der Waals surface area contributed by atoms with E-state index in [1.165, 1.54) is 4.90 Å². The quantitative estimate of drug-likeness (QED) is 0.810. The molecule has 0 aromatic heterocycles. The van der Waals surface area contributed by atoms with Gasteiger partial charge in [0.1, 0.15) is 5.92 Å². The van der Waals surface area contributed by atoms with Gasteiger partial charge >= 0.3 is 0 Å². The highest BCUT2D eigenvalue weighted by Crippen LogP contribution is 2.11. The van der Waals surface area contributed by atoms with Gasteiger partial charge in [0.25, 0.3) is 0 Å². The van der Waals surface area contributed by atoms with E-state index in [4.69, 9.17) is 10.5 Å². The van der Waals surface area contributed by atoms with Crippen LogP contribution in [0.15, 0.2) is 24.3 Å². The van der Waals surface area contributed by atoms with Gasteiger partial charge in [-0.15, -0.1) is 0 Å². The summed E-state index contributed by atoms with van der Waals surface area (Å²) >= 11 is 0. The van der Waals surface area contributed by atoms with Gasteiger partial charge in [-0.25, -0.2) is 0 Å². The molecule has 0 aliphatic rings. The largest absolute Gasteiger partial charge is 0.340 e. The van der Waals surface area contributed by atoms with Gasteiger partial charge in [0.15, 0.2) is 0 Å². The molecule has 1 amide bonds. The van der Waals surface area contributed by atoms with Crippen LogP contribution >= 0.6 is 0 Å². The Balaban J connectivity index is 2.76. The molecular formula is C14H15N3O. The van der Waals surface area contributed by atoms with Crippen molar-refractivity contribution in [2.45, 2.75) is 19.9 Å². The van der Waals surface area contributed by atoms with Crippen molar-refractivity contribution in [2.75, 3.05) is 7.05 Å². The highest BCUT2D eigenvalue weighted by molar-refractivity contribution is 5.80. The van der Waals surface area contributed by atoms with Crippen molar-refractivity contribution < 1.29 is 4.79 Å². The van der Waals surface area contributed by atoms with Crippen LogP contribution in [0.4, 0.5) is 0 Å². The number of carbonyl (C=O) groups excluding carboxylic acids is 1. The van der Waals surface area contributed by atoms with Crippen LogP contribution in [-0.2, 0) is 11.3 Å². The number of nitriles is 2. The number of amides is 1. The van der Waals surface area contributed by atoms with Crippen molar-refractivity contribution in [2.24, 2.45) is 5.92 Å². The molecule has 0 fully saturated rings. The number of carbonyl (C=O) groups is 1. The minimum Gasteiger partial charge on any atom is -0.340 e. The zero-order valence-corrected chi connectivity index (χ0v) is 10.6. The van der Waals surface area contributed by atoms with E-state index in [0.29, 0.717) is 18.5 Å². The predicted octanol–water partition coefficient (Wildman–Crippen LogP) is 2.07. The Kier molecular flexibility index (Phi) is 4.90. The van der Waals surface area contributed by atoms with Crippen LogP contribution in [0.5, 0.6) is 0 Å². The summed E-state index contributed by atoms with van der Waals surface area (Å²) in [5.74, 6) is -0.767. The van der Waals surface area contributed by atoms with E-state index in [1.54, 1.807) is 25.2 Å². The number of benzene rings is 1. The average molecular weight is 241 g/mol. The molecule has 92 valence electrons. The summed E-state index contributed by atoms with van der Waals surface area (Å²) in [5, 5.41) is 17.6. The molecule has 1 aromatic rings. The van der Waals surface area contributed by atoms with Crippen molar-refractivity contribution in [3.8, 4) is 12.1 Å². The van der Waals surface area contributed by atoms with Gasteiger partial charge in [0.05, 0.1) is 17.7 Å². The standard InChI is InChI=1S/C14H15N3O/c1-3-13(9-16)14(18)17(2)10-12-6-4-5-11(7-12)8-15/h4-7,13H,3,10H2,1-2H3. The molecule has 4 nitrogen and oxygen atoms in total. The molecule has 0 N–H and O–H groups in total. The molecule has 0 saturated heterocycles. The minimum atomic E-state index is -0.589. The number of rotatable bonds is 4. The summed E-state index contributed by atoms with van der Waals surface area (Å²) in [4.78, 5) is 13.4. The Morgan fingerprint density at radius 3 is 2.72 bits per heavy atom. The van der Waals surface area contributed by atoms with Crippen LogP contribution in [0.2, 0.25) is 0 Å². The van der Waals surface area contributed by atoms with Crippen LogP contribution in [0.1, 0.15) is 24.5 Å². The lowest BCUT2D eigenvalue weighted by atomic mass is 10.1. The van der Waals surface area contributed by atoms with E-state index in [-0.39, 0.29) is 5.91 Å². The lowest BCUT2D eigenvalue weighted by Gasteiger charge is -2.19. The lowest BCUT2D eigenvalue weighted by molar-refractivity contribution is -0.133. The fourth-order valence-corrected chi connectivity index (χ4v) is 1.68. The molecule has 4 heteroatoms. The monoisotopic (exact) mass is 241 g/mol. The molecule has 0 aliphatic heterocycles. The number of hydrogen-bond donors (Lipinski definition) is 0. The first kappa shape index (κ1) is 13.7. The van der Waals surface area contributed by atoms with Crippen LogP contribution in [-0.4, -0.2) is 17.9 Å². The second kappa shape index (κ2) is 6.42. The molecule has 1 unspecified atom stereocenters. The fraction of sp³-hybridized carbons (Fsp3) is 0.357. The molecule has 0 radical (unpaired) electrons. The third-order valence-corrected chi connectivity index (χ3v) is 2.71. The topological polar surface area (TPSA) is 67.9 Å². The van der Waals surface area contributed by atoms with Crippen molar-refractivity contribution in [3.63, 3.8) is 0 Å². The van der Waals surface area contributed by atoms with Gasteiger partial charge < -0.3 is 4.90 Å². The third kappa shape index (κ3) is 3.33. The molecule has 1 atom stereocenters. The zero-order valence-electron chi connectivity index (χ0n) is 10.6. The molecule has 0 bridgehead atoms. The second-order valence-corrected chi connectivity index (χ2v) is 4.10. The molecule has 0 spiro atoms. The lowest BCUT2D eigenvalue weighted by Crippen LogP contribution is -2.31. The summed E-state index contributed by atoms with van der Waals surface area (Å²) in [5.41, 5.74) is 1.46. The van der Waals surface area contributed by atoms with Gasteiger partial charge in [-0.3, -0.25) is 4.79 Å². The maximum absolute atomic E-state index is 11.9. The van der Waals surface area contributed by atoms with Crippen LogP contribution in [0.25, 0.3) is 0 Å². The third-order valence-electron chi connectivity index (χ3n) is 2.71. The number of nitrogens with zero attached hydrogens (tertiary/aromatic N) is 3. The van der Waals surface area contributed by atoms with Crippen molar-refractivity contribution in [1.29, 1.82) is 10.5 Å². The maximum Gasteiger partial charge on any atom is 0.239 e. The van der Waals surface area contributed by atoms with Gasteiger partial charge in [-0.1, -0.05) is 19.1 Å². The highest BCUT2D eigenvalue weighted by atomic mass is 16.2. The SMILES string of the molecule is CCC(C#N)C(=O)N(C)Cc1cccc(C#N)c1. The number of hydrogen-bond acceptors (Lipinski definition) is 3. The van der Waals surface area contributed by atoms with Crippen LogP contribution < -0.4 is 0 Å². The summed E-state index contributed by atoms with van der Waals surface area (Å²) in [6.07, 6.45) is 0.512. The molecule has 0 aliphatic carbocycles. The zero-order chi connectivity index (χ0) is 13.5. The maximum atomic E-state index is 11.9. The Bertz CT molecular complexity index is 511. The van der Waals surface area contributed by atoms with Gasteiger partial charge in [-0.2, -0.15) is 10.5 Å². The van der Waals surface area contributed by atoms with Gasteiger partial charge in [-0.05, 0) is 24.1 Å². The first-order valence-corrected chi connectivity index (χ1v) is 5.76. The minimum absolute atomic E-state index is 0.178. The summed E-state index contributed by atoms with van der Waals surface area (Å²) in [7, 11) is 1.67. The van der Waals surface area contributed by atoms with E-state index in [9.17, 15) is 4.79 Å². The van der Waals surface area contributed by atoms with Crippen LogP contribution in [0, 0.1) is 28.6 Å². The van der Waals surface area contributed by atoms with Crippen LogP contribution in [0.3, 0.4) is 0 Å². The molecular weight excluding hydrogens is 226 g/mol. The van der Waals surface area contributed by atoms with E-state index in [1.807, 2.05) is 19.1 Å². The van der Waals surface area contributed by atoms with Gasteiger partial charge in [0.2, 0.25) is 5.91 Å². The van der Waals surface area contributed by atoms with E-state index < -0.39 is 5.92 Å². The first-order valence-electron chi connectivity index (χ1n) is 5.76. The van der Waals surface area contributed by atoms with Crippen molar-refractivity contribution in [1.82, 2.24) is 4.90 Å². The van der Waals surface area contributed by atoms with Crippen molar-refractivity contribution >= 4 is 5.91 Å². The van der Waals surface area contributed by atoms with Crippen molar-refractivity contribution in [3.05, 3.63) is 35.4 Å². The Morgan fingerprint density at radius 2 is 2.17 bits per heavy atom. The molecule has 0 heterocycles. The smallest absolute Gasteiger partial charge is 0.239 e. The normalized spacial score (nSPS) is 11.1. The van der Waals surface area contributed by atoms with Gasteiger partial charge in [0, 0.05) is 13.6 Å². The average Bonchev–Trinajstić information content (AvgIpc) is 2.40. The summed E-state index contributed by atoms with van der Waals surface area (Å²) < 4.78 is 0. The highest BCUT2D eigenvalue weighted by Gasteiger charge is 2.19. The van der Waals surface area contributed by atoms with E-state index >= 15 is 0 Å². The Morgan fingerprint density at radius 1 is 1.44 bits per heavy atom. The molecule has 0 saturated carbocycles. The van der Waals surface area contributed by atoms with E-state index in [0.717, 1.165) is 5.56 Å². The molecule has 1 aromatic carbocycles. The Labute approximate surface area is 107 Å². The summed E-state index contributed by atoms with van der Waals surface area (Å²) in [6.45, 7) is 2.22. The molecule has 18 heavy (non-hydrogen) atoms. The fourth-order valence-electron chi connectivity index (χ4n) is 1.68. The molecule has 1 rings (SSSR count). The Hall–Kier alpha value is -2.33.